The highest BCUT2D eigenvalue weighted by atomic mass is 16.4. The fraction of sp³-hybridized carbons (Fsp3) is 0.375. The van der Waals surface area contributed by atoms with Gasteiger partial charge in [0.1, 0.15) is 11.8 Å². The summed E-state index contributed by atoms with van der Waals surface area (Å²) in [5, 5.41) is 18.2. The van der Waals surface area contributed by atoms with Crippen LogP contribution in [0, 0.1) is 6.92 Å². The van der Waals surface area contributed by atoms with Crippen LogP contribution in [0.15, 0.2) is 23.3 Å². The molecular formula is C16H24N4O3+2. The highest BCUT2D eigenvalue weighted by molar-refractivity contribution is 6.12. The predicted octanol–water partition coefficient (Wildman–Crippen LogP) is -0.669. The number of aryl methyl sites for hydroxylation is 1. The molecule has 7 heteroatoms. The number of hydrogen-bond acceptors (Lipinski definition) is 3. The van der Waals surface area contributed by atoms with E-state index in [1.807, 2.05) is 26.0 Å². The van der Waals surface area contributed by atoms with E-state index in [1.165, 1.54) is 12.4 Å². The highest BCUT2D eigenvalue weighted by Gasteiger charge is 2.25. The van der Waals surface area contributed by atoms with Crippen molar-refractivity contribution < 1.29 is 25.5 Å². The third kappa shape index (κ3) is 5.30. The summed E-state index contributed by atoms with van der Waals surface area (Å²) >= 11 is 0. The average molecular weight is 320 g/mol. The van der Waals surface area contributed by atoms with Crippen LogP contribution >= 0.6 is 0 Å². The summed E-state index contributed by atoms with van der Waals surface area (Å²) in [6.07, 6.45) is 2.64. The largest absolute Gasteiger partial charge is 0.481 e. The SMILES string of the molecule is CCN(C(=O)c1cc(C)ccc1[NH2+]N=CC=[NH2+])C(C)CC(=O)O. The standard InChI is InChI=1S/C16H22N4O3/c1-4-20(12(3)10-15(21)22)16(23)13-9-11(2)5-6-14(13)19-18-8-7-17/h5-9,12,17,19H,4,10H2,1-3H3,(H,21,22)/p+2. The first-order valence-electron chi connectivity index (χ1n) is 7.44. The van der Waals surface area contributed by atoms with Crippen molar-refractivity contribution in [1.29, 1.82) is 0 Å². The number of carboxylic acid groups (broad SMARTS) is 1. The Kier molecular flexibility index (Phi) is 7.08. The second kappa shape index (κ2) is 8.79. The van der Waals surface area contributed by atoms with E-state index in [0.717, 1.165) is 5.56 Å². The zero-order valence-corrected chi connectivity index (χ0v) is 13.7. The lowest BCUT2D eigenvalue weighted by atomic mass is 10.1. The molecule has 1 aromatic carbocycles. The van der Waals surface area contributed by atoms with Gasteiger partial charge in [0.25, 0.3) is 5.91 Å². The Morgan fingerprint density at radius 1 is 1.48 bits per heavy atom. The van der Waals surface area contributed by atoms with Crippen LogP contribution < -0.4 is 10.8 Å². The second-order valence-electron chi connectivity index (χ2n) is 5.25. The number of nitrogens with two attached hydrogens (primary N) is 2. The molecule has 0 spiro atoms. The van der Waals surface area contributed by atoms with Crippen molar-refractivity contribution in [2.45, 2.75) is 33.2 Å². The average Bonchev–Trinajstić information content (AvgIpc) is 2.48. The van der Waals surface area contributed by atoms with Gasteiger partial charge in [-0.05, 0) is 32.4 Å². The number of amides is 1. The lowest BCUT2D eigenvalue weighted by molar-refractivity contribution is -0.577. The number of aliphatic carboxylic acids is 1. The zero-order valence-electron chi connectivity index (χ0n) is 13.7. The summed E-state index contributed by atoms with van der Waals surface area (Å²) in [4.78, 5) is 25.3. The number of quaternary nitrogens is 1. The van der Waals surface area contributed by atoms with Crippen LogP contribution in [0.2, 0.25) is 0 Å². The lowest BCUT2D eigenvalue weighted by Gasteiger charge is -2.27. The first kappa shape index (κ1) is 18.5. The van der Waals surface area contributed by atoms with Gasteiger partial charge < -0.3 is 10.0 Å². The topological polar surface area (TPSA) is 112 Å². The first-order valence-corrected chi connectivity index (χ1v) is 7.44. The van der Waals surface area contributed by atoms with Gasteiger partial charge in [-0.3, -0.25) is 15.0 Å². The van der Waals surface area contributed by atoms with Gasteiger partial charge in [-0.15, -0.1) is 0 Å². The lowest BCUT2D eigenvalue weighted by Crippen LogP contribution is -2.72. The minimum Gasteiger partial charge on any atom is -0.481 e. The summed E-state index contributed by atoms with van der Waals surface area (Å²) in [7, 11) is 0. The maximum atomic E-state index is 12.8. The maximum absolute atomic E-state index is 12.8. The molecule has 0 aromatic heterocycles. The molecule has 0 fully saturated rings. The van der Waals surface area contributed by atoms with Crippen LogP contribution in [-0.4, -0.2) is 46.9 Å². The minimum atomic E-state index is -0.928. The van der Waals surface area contributed by atoms with Crippen LogP contribution in [-0.2, 0) is 4.79 Å². The fourth-order valence-corrected chi connectivity index (χ4v) is 2.31. The summed E-state index contributed by atoms with van der Waals surface area (Å²) in [6, 6.07) is 5.10. The predicted molar refractivity (Wildman–Crippen MR) is 87.7 cm³/mol. The summed E-state index contributed by atoms with van der Waals surface area (Å²) in [5.74, 6) is -1.13. The third-order valence-corrected chi connectivity index (χ3v) is 3.43. The Morgan fingerprint density at radius 2 is 2.17 bits per heavy atom. The van der Waals surface area contributed by atoms with Crippen LogP contribution in [0.3, 0.4) is 0 Å². The summed E-state index contributed by atoms with van der Waals surface area (Å²) in [5.41, 5.74) is 3.67. The molecule has 0 heterocycles. The summed E-state index contributed by atoms with van der Waals surface area (Å²) < 4.78 is 0. The van der Waals surface area contributed by atoms with Crippen molar-refractivity contribution in [3.63, 3.8) is 0 Å². The van der Waals surface area contributed by atoms with E-state index in [2.05, 4.69) is 5.10 Å². The highest BCUT2D eigenvalue weighted by Crippen LogP contribution is 2.18. The monoisotopic (exact) mass is 320 g/mol. The van der Waals surface area contributed by atoms with Gasteiger partial charge in [0.2, 0.25) is 0 Å². The van der Waals surface area contributed by atoms with E-state index in [1.54, 1.807) is 23.3 Å². The number of carbonyl (C=O) groups is 2. The van der Waals surface area contributed by atoms with Crippen molar-refractivity contribution >= 4 is 30.0 Å². The molecule has 0 saturated heterocycles. The van der Waals surface area contributed by atoms with Crippen LogP contribution in [0.4, 0.5) is 5.69 Å². The van der Waals surface area contributed by atoms with Crippen LogP contribution in [0.5, 0.6) is 0 Å². The molecule has 1 amide bonds. The van der Waals surface area contributed by atoms with E-state index in [9.17, 15) is 9.59 Å². The van der Waals surface area contributed by atoms with Crippen molar-refractivity contribution in [3.05, 3.63) is 29.3 Å². The molecule has 0 aliphatic carbocycles. The number of hydrogen-bond donors (Lipinski definition) is 3. The number of carbonyl (C=O) groups excluding carboxylic acids is 1. The molecule has 1 rings (SSSR count). The third-order valence-electron chi connectivity index (χ3n) is 3.43. The van der Waals surface area contributed by atoms with Crippen molar-refractivity contribution in [2.75, 3.05) is 6.54 Å². The van der Waals surface area contributed by atoms with Crippen molar-refractivity contribution in [3.8, 4) is 0 Å². The molecule has 1 atom stereocenters. The van der Waals surface area contributed by atoms with E-state index in [0.29, 0.717) is 17.8 Å². The Bertz CT molecular complexity index is 613. The van der Waals surface area contributed by atoms with Gasteiger partial charge in [0, 0.05) is 18.7 Å². The van der Waals surface area contributed by atoms with Crippen LogP contribution in [0.25, 0.3) is 0 Å². The number of carboxylic acids is 1. The molecular weight excluding hydrogens is 296 g/mol. The first-order chi connectivity index (χ1) is 10.9. The molecule has 0 radical (unpaired) electrons. The van der Waals surface area contributed by atoms with Crippen molar-refractivity contribution in [1.82, 2.24) is 4.90 Å². The number of nitrogens with zero attached hydrogens (tertiary/aromatic N) is 2. The molecule has 5 N–H and O–H groups in total. The van der Waals surface area contributed by atoms with Gasteiger partial charge in [0.15, 0.2) is 11.9 Å². The minimum absolute atomic E-state index is 0.0925. The number of rotatable bonds is 8. The van der Waals surface area contributed by atoms with Gasteiger partial charge in [-0.2, -0.15) is 5.43 Å². The quantitative estimate of drug-likeness (QED) is 0.255. The van der Waals surface area contributed by atoms with Gasteiger partial charge >= 0.3 is 5.97 Å². The molecule has 1 aromatic rings. The molecule has 124 valence electrons. The van der Waals surface area contributed by atoms with Gasteiger partial charge in [-0.1, -0.05) is 11.2 Å². The van der Waals surface area contributed by atoms with E-state index >= 15 is 0 Å². The maximum Gasteiger partial charge on any atom is 0.305 e. The van der Waals surface area contributed by atoms with E-state index in [4.69, 9.17) is 10.5 Å². The van der Waals surface area contributed by atoms with Gasteiger partial charge in [0.05, 0.1) is 6.42 Å². The Balaban J connectivity index is 3.12. The van der Waals surface area contributed by atoms with E-state index in [-0.39, 0.29) is 18.4 Å². The molecule has 1 unspecified atom stereocenters. The molecule has 0 aliphatic rings. The van der Waals surface area contributed by atoms with Crippen molar-refractivity contribution in [2.24, 2.45) is 5.10 Å². The zero-order chi connectivity index (χ0) is 17.4. The molecule has 7 nitrogen and oxygen atoms in total. The van der Waals surface area contributed by atoms with Crippen LogP contribution in [0.1, 0.15) is 36.2 Å². The molecule has 0 aliphatic heterocycles. The normalized spacial score (nSPS) is 12.1. The Hall–Kier alpha value is -2.54. The number of benzene rings is 1. The van der Waals surface area contributed by atoms with Gasteiger partial charge in [-0.25, -0.2) is 0 Å². The fourth-order valence-electron chi connectivity index (χ4n) is 2.31. The molecule has 0 bridgehead atoms. The molecule has 23 heavy (non-hydrogen) atoms. The molecule has 0 saturated carbocycles. The summed E-state index contributed by atoms with van der Waals surface area (Å²) in [6.45, 7) is 5.89. The second-order valence-corrected chi connectivity index (χ2v) is 5.25. The van der Waals surface area contributed by atoms with E-state index < -0.39 is 5.97 Å². The Morgan fingerprint density at radius 3 is 2.74 bits per heavy atom. The Labute approximate surface area is 135 Å². The smallest absolute Gasteiger partial charge is 0.305 e.